The Labute approximate surface area is 163 Å². The third-order valence-electron chi connectivity index (χ3n) is 6.54. The van der Waals surface area contributed by atoms with Gasteiger partial charge in [0.1, 0.15) is 0 Å². The fourth-order valence-electron chi connectivity index (χ4n) is 4.99. The summed E-state index contributed by atoms with van der Waals surface area (Å²) in [5.74, 6) is 0.0401. The van der Waals surface area contributed by atoms with Crippen LogP contribution < -0.4 is 0 Å². The Bertz CT molecular complexity index is 1030. The molecule has 3 aromatic heterocycles. The lowest BCUT2D eigenvalue weighted by Crippen LogP contribution is -2.57. The van der Waals surface area contributed by atoms with Gasteiger partial charge in [-0.1, -0.05) is 6.92 Å². The van der Waals surface area contributed by atoms with E-state index < -0.39 is 0 Å². The van der Waals surface area contributed by atoms with Gasteiger partial charge >= 0.3 is 0 Å². The molecule has 0 radical (unpaired) electrons. The van der Waals surface area contributed by atoms with E-state index in [4.69, 9.17) is 0 Å². The molecular weight excluding hydrogens is 354 g/mol. The number of nitrogens with zero attached hydrogens (tertiary/aromatic N) is 6. The summed E-state index contributed by atoms with van der Waals surface area (Å²) >= 11 is 0. The number of aromatic nitrogens is 5. The van der Waals surface area contributed by atoms with Crippen LogP contribution in [0.1, 0.15) is 47.2 Å². The van der Waals surface area contributed by atoms with Crippen molar-refractivity contribution >= 4 is 11.6 Å². The quantitative estimate of drug-likeness (QED) is 0.734. The molecule has 5 heterocycles. The van der Waals surface area contributed by atoms with Gasteiger partial charge in [0, 0.05) is 44.0 Å². The molecule has 0 aromatic carbocycles. The van der Waals surface area contributed by atoms with Gasteiger partial charge in [-0.05, 0) is 26.3 Å². The molecule has 3 aromatic rings. The van der Waals surface area contributed by atoms with Crippen LogP contribution in [0.15, 0.2) is 24.8 Å². The van der Waals surface area contributed by atoms with Crippen molar-refractivity contribution in [1.82, 2.24) is 34.4 Å². The van der Waals surface area contributed by atoms with E-state index in [9.17, 15) is 4.79 Å². The minimum absolute atomic E-state index is 0.0401. The summed E-state index contributed by atoms with van der Waals surface area (Å²) in [5, 5.41) is 4.28. The minimum Gasteiger partial charge on any atom is -0.348 e. The molecule has 1 saturated heterocycles. The topological polar surface area (TPSA) is 82.4 Å². The van der Waals surface area contributed by atoms with E-state index in [0.29, 0.717) is 5.56 Å². The molecule has 1 spiro atoms. The second kappa shape index (κ2) is 6.41. The molecule has 1 amide bonds. The molecule has 0 bridgehead atoms. The van der Waals surface area contributed by atoms with E-state index in [1.54, 1.807) is 16.9 Å². The van der Waals surface area contributed by atoms with Crippen LogP contribution in [-0.4, -0.2) is 66.5 Å². The van der Waals surface area contributed by atoms with E-state index >= 15 is 0 Å². The SMILES string of the molecule is CCN1CCc2[nH]cnc2C12CCN(C(=O)c1cnc3ccnn3c1C)CC2. The Hall–Kier alpha value is -2.74. The van der Waals surface area contributed by atoms with Gasteiger partial charge in [0.05, 0.1) is 35.0 Å². The van der Waals surface area contributed by atoms with Gasteiger partial charge in [-0.25, -0.2) is 14.5 Å². The number of hydrogen-bond donors (Lipinski definition) is 1. The van der Waals surface area contributed by atoms with Crippen molar-refractivity contribution in [3.05, 3.63) is 47.4 Å². The molecule has 0 aliphatic carbocycles. The summed E-state index contributed by atoms with van der Waals surface area (Å²) in [6.45, 7) is 7.62. The van der Waals surface area contributed by atoms with Crippen molar-refractivity contribution in [2.75, 3.05) is 26.2 Å². The lowest BCUT2D eigenvalue weighted by molar-refractivity contribution is 0.0102. The fourth-order valence-corrected chi connectivity index (χ4v) is 4.99. The zero-order valence-electron chi connectivity index (χ0n) is 16.4. The van der Waals surface area contributed by atoms with Crippen LogP contribution in [-0.2, 0) is 12.0 Å². The minimum atomic E-state index is -0.0572. The van der Waals surface area contributed by atoms with Gasteiger partial charge in [-0.2, -0.15) is 5.10 Å². The molecule has 2 aliphatic rings. The normalized spacial score (nSPS) is 19.3. The van der Waals surface area contributed by atoms with E-state index in [-0.39, 0.29) is 11.4 Å². The third kappa shape index (κ3) is 2.40. The molecule has 28 heavy (non-hydrogen) atoms. The standard InChI is InChI=1S/C20H25N7O/c1-3-26-9-5-16-18(23-13-22-16)20(26)6-10-25(11-7-20)19(28)15-12-21-17-4-8-24-27(17)14(15)2/h4,8,12-13H,3,5-7,9-11H2,1-2H3,(H,22,23). The summed E-state index contributed by atoms with van der Waals surface area (Å²) in [5.41, 5.74) is 4.61. The maximum atomic E-state index is 13.2. The van der Waals surface area contributed by atoms with Crippen LogP contribution in [0.25, 0.3) is 5.65 Å². The van der Waals surface area contributed by atoms with Crippen molar-refractivity contribution in [2.24, 2.45) is 0 Å². The van der Waals surface area contributed by atoms with Gasteiger partial charge in [0.15, 0.2) is 5.65 Å². The van der Waals surface area contributed by atoms with Gasteiger partial charge < -0.3 is 9.88 Å². The van der Waals surface area contributed by atoms with Gasteiger partial charge in [-0.15, -0.1) is 0 Å². The van der Waals surface area contributed by atoms with Crippen LogP contribution in [0.3, 0.4) is 0 Å². The molecule has 0 saturated carbocycles. The maximum Gasteiger partial charge on any atom is 0.257 e. The van der Waals surface area contributed by atoms with E-state index in [1.807, 2.05) is 24.2 Å². The zero-order valence-corrected chi connectivity index (χ0v) is 16.4. The molecule has 8 nitrogen and oxygen atoms in total. The number of likely N-dealkylation sites (N-methyl/N-ethyl adjacent to an activating group) is 1. The average molecular weight is 379 g/mol. The van der Waals surface area contributed by atoms with E-state index in [0.717, 1.165) is 56.8 Å². The second-order valence-electron chi connectivity index (χ2n) is 7.74. The summed E-state index contributed by atoms with van der Waals surface area (Å²) in [6.07, 6.45) is 8.03. The Morgan fingerprint density at radius 1 is 1.25 bits per heavy atom. The fraction of sp³-hybridized carbons (Fsp3) is 0.500. The number of aromatic amines is 1. The van der Waals surface area contributed by atoms with Crippen molar-refractivity contribution in [3.63, 3.8) is 0 Å². The van der Waals surface area contributed by atoms with E-state index in [2.05, 4.69) is 31.9 Å². The van der Waals surface area contributed by atoms with Crippen LogP contribution in [0.5, 0.6) is 0 Å². The second-order valence-corrected chi connectivity index (χ2v) is 7.74. The molecule has 8 heteroatoms. The number of nitrogens with one attached hydrogen (secondary N) is 1. The number of amides is 1. The maximum absolute atomic E-state index is 13.2. The summed E-state index contributed by atoms with van der Waals surface area (Å²) in [7, 11) is 0. The largest absolute Gasteiger partial charge is 0.348 e. The van der Waals surface area contributed by atoms with Crippen molar-refractivity contribution in [2.45, 2.75) is 38.6 Å². The number of H-pyrrole nitrogens is 1. The number of aryl methyl sites for hydroxylation is 1. The number of hydrogen-bond acceptors (Lipinski definition) is 5. The monoisotopic (exact) mass is 379 g/mol. The first-order valence-corrected chi connectivity index (χ1v) is 10.0. The number of fused-ring (bicyclic) bond motifs is 3. The summed E-state index contributed by atoms with van der Waals surface area (Å²) < 4.78 is 1.73. The van der Waals surface area contributed by atoms with Crippen LogP contribution in [0.4, 0.5) is 0 Å². The molecular formula is C20H25N7O. The molecule has 2 aliphatic heterocycles. The Balaban J connectivity index is 1.41. The zero-order chi connectivity index (χ0) is 19.3. The van der Waals surface area contributed by atoms with Crippen molar-refractivity contribution in [3.8, 4) is 0 Å². The lowest BCUT2D eigenvalue weighted by atomic mass is 9.78. The lowest BCUT2D eigenvalue weighted by Gasteiger charge is -2.50. The molecule has 146 valence electrons. The predicted octanol–water partition coefficient (Wildman–Crippen LogP) is 1.77. The van der Waals surface area contributed by atoms with Gasteiger partial charge in [-0.3, -0.25) is 9.69 Å². The van der Waals surface area contributed by atoms with Crippen LogP contribution in [0.2, 0.25) is 0 Å². The first kappa shape index (κ1) is 17.4. The van der Waals surface area contributed by atoms with Crippen LogP contribution >= 0.6 is 0 Å². The number of carbonyl (C=O) groups is 1. The highest BCUT2D eigenvalue weighted by Gasteiger charge is 2.46. The van der Waals surface area contributed by atoms with Crippen LogP contribution in [0, 0.1) is 6.92 Å². The molecule has 5 rings (SSSR count). The van der Waals surface area contributed by atoms with E-state index in [1.165, 1.54) is 11.4 Å². The molecule has 0 atom stereocenters. The predicted molar refractivity (Wildman–Crippen MR) is 104 cm³/mol. The molecule has 1 fully saturated rings. The highest BCUT2D eigenvalue weighted by atomic mass is 16.2. The number of piperidine rings is 1. The summed E-state index contributed by atoms with van der Waals surface area (Å²) in [4.78, 5) is 30.1. The Morgan fingerprint density at radius 2 is 2.07 bits per heavy atom. The highest BCUT2D eigenvalue weighted by molar-refractivity contribution is 5.95. The van der Waals surface area contributed by atoms with Gasteiger partial charge in [0.2, 0.25) is 0 Å². The van der Waals surface area contributed by atoms with Crippen molar-refractivity contribution < 1.29 is 4.79 Å². The Morgan fingerprint density at radius 3 is 2.86 bits per heavy atom. The smallest absolute Gasteiger partial charge is 0.257 e. The number of likely N-dealkylation sites (tertiary alicyclic amines) is 1. The average Bonchev–Trinajstić information content (AvgIpc) is 3.39. The van der Waals surface area contributed by atoms with Gasteiger partial charge in [0.25, 0.3) is 5.91 Å². The highest BCUT2D eigenvalue weighted by Crippen LogP contribution is 2.42. The first-order valence-electron chi connectivity index (χ1n) is 10.0. The first-order chi connectivity index (χ1) is 13.6. The Kier molecular flexibility index (Phi) is 3.97. The molecule has 1 N–H and O–H groups in total. The number of imidazole rings is 1. The van der Waals surface area contributed by atoms with Crippen molar-refractivity contribution in [1.29, 1.82) is 0 Å². The number of rotatable bonds is 2. The third-order valence-corrected chi connectivity index (χ3v) is 6.54. The summed E-state index contributed by atoms with van der Waals surface area (Å²) in [6, 6.07) is 1.84. The molecule has 0 unspecified atom stereocenters. The number of carbonyl (C=O) groups excluding carboxylic acids is 1.